The molecule has 0 bridgehead atoms. The molecular formula is C25H25NO4. The van der Waals surface area contributed by atoms with Crippen LogP contribution < -0.4 is 4.74 Å². The van der Waals surface area contributed by atoms with E-state index in [0.29, 0.717) is 24.7 Å². The third-order valence-electron chi connectivity index (χ3n) is 4.55. The predicted octanol–water partition coefficient (Wildman–Crippen LogP) is 4.25. The van der Waals surface area contributed by atoms with Gasteiger partial charge in [0.2, 0.25) is 0 Å². The lowest BCUT2D eigenvalue weighted by Gasteiger charge is -2.14. The second-order valence-electron chi connectivity index (χ2n) is 6.76. The van der Waals surface area contributed by atoms with Crippen LogP contribution in [-0.2, 0) is 16.0 Å². The van der Waals surface area contributed by atoms with Gasteiger partial charge < -0.3 is 14.6 Å². The van der Waals surface area contributed by atoms with Crippen molar-refractivity contribution in [2.45, 2.75) is 12.5 Å². The minimum atomic E-state index is -0.968. The van der Waals surface area contributed by atoms with Crippen LogP contribution in [0, 0.1) is 0 Å². The van der Waals surface area contributed by atoms with Gasteiger partial charge in [-0.25, -0.2) is 4.79 Å². The van der Waals surface area contributed by atoms with Gasteiger partial charge in [0.25, 0.3) is 0 Å². The SMILES string of the molecule is COCCOc1cccc(C[C@@H](N=C(c2ccccc2)c2ccccc2)C(=O)O)c1. The first-order chi connectivity index (χ1) is 14.7. The van der Waals surface area contributed by atoms with Gasteiger partial charge in [-0.05, 0) is 17.7 Å². The standard InChI is InChI=1S/C25H25NO4/c1-29-15-16-30-22-14-8-9-19(17-22)18-23(25(27)28)26-24(20-10-4-2-5-11-20)21-12-6-3-7-13-21/h2-14,17,23H,15-16,18H2,1H3,(H,27,28)/t23-/m1/s1. The number of hydrogen-bond donors (Lipinski definition) is 1. The molecule has 0 fully saturated rings. The fourth-order valence-corrected chi connectivity index (χ4v) is 3.08. The number of carboxylic acids is 1. The quantitative estimate of drug-likeness (QED) is 0.406. The van der Waals surface area contributed by atoms with E-state index in [9.17, 15) is 9.90 Å². The molecule has 0 amide bonds. The zero-order valence-electron chi connectivity index (χ0n) is 16.9. The molecule has 3 aromatic carbocycles. The molecule has 5 nitrogen and oxygen atoms in total. The number of aliphatic carboxylic acids is 1. The van der Waals surface area contributed by atoms with Gasteiger partial charge >= 0.3 is 5.97 Å². The van der Waals surface area contributed by atoms with Crippen LogP contribution >= 0.6 is 0 Å². The first kappa shape index (κ1) is 21.3. The zero-order valence-corrected chi connectivity index (χ0v) is 16.9. The maximum atomic E-state index is 12.0. The Kier molecular flexibility index (Phi) is 7.75. The molecule has 0 heterocycles. The minimum absolute atomic E-state index is 0.264. The van der Waals surface area contributed by atoms with Gasteiger partial charge in [0.15, 0.2) is 6.04 Å². The van der Waals surface area contributed by atoms with Crippen LogP contribution in [0.15, 0.2) is 89.9 Å². The lowest BCUT2D eigenvalue weighted by atomic mass is 10.0. The van der Waals surface area contributed by atoms with Crippen molar-refractivity contribution in [2.75, 3.05) is 20.3 Å². The average molecular weight is 403 g/mol. The summed E-state index contributed by atoms with van der Waals surface area (Å²) in [7, 11) is 1.62. The Labute approximate surface area is 176 Å². The fourth-order valence-electron chi connectivity index (χ4n) is 3.08. The van der Waals surface area contributed by atoms with Crippen LogP contribution in [-0.4, -0.2) is 43.2 Å². The highest BCUT2D eigenvalue weighted by atomic mass is 16.5. The topological polar surface area (TPSA) is 68.1 Å². The van der Waals surface area contributed by atoms with E-state index in [4.69, 9.17) is 9.47 Å². The summed E-state index contributed by atoms with van der Waals surface area (Å²) in [6.07, 6.45) is 0.264. The molecule has 0 aromatic heterocycles. The number of ether oxygens (including phenoxy) is 2. The van der Waals surface area contributed by atoms with Crippen molar-refractivity contribution in [3.05, 3.63) is 102 Å². The molecule has 30 heavy (non-hydrogen) atoms. The number of carbonyl (C=O) groups is 1. The van der Waals surface area contributed by atoms with Crippen molar-refractivity contribution in [3.63, 3.8) is 0 Å². The third kappa shape index (κ3) is 6.03. The Balaban J connectivity index is 1.90. The van der Waals surface area contributed by atoms with Gasteiger partial charge in [-0.2, -0.15) is 0 Å². The third-order valence-corrected chi connectivity index (χ3v) is 4.55. The summed E-state index contributed by atoms with van der Waals surface area (Å²) in [6.45, 7) is 0.927. The van der Waals surface area contributed by atoms with Crippen LogP contribution in [0.5, 0.6) is 5.75 Å². The van der Waals surface area contributed by atoms with Crippen molar-refractivity contribution in [3.8, 4) is 5.75 Å². The lowest BCUT2D eigenvalue weighted by molar-refractivity contribution is -0.138. The zero-order chi connectivity index (χ0) is 21.2. The molecule has 0 aliphatic heterocycles. The smallest absolute Gasteiger partial charge is 0.328 e. The first-order valence-corrected chi connectivity index (χ1v) is 9.79. The summed E-state index contributed by atoms with van der Waals surface area (Å²) in [6, 6.07) is 25.8. The summed E-state index contributed by atoms with van der Waals surface area (Å²) >= 11 is 0. The highest BCUT2D eigenvalue weighted by Crippen LogP contribution is 2.18. The van der Waals surface area contributed by atoms with Gasteiger partial charge in [0.1, 0.15) is 12.4 Å². The number of nitrogens with zero attached hydrogens (tertiary/aromatic N) is 1. The van der Waals surface area contributed by atoms with E-state index in [1.165, 1.54) is 0 Å². The number of benzene rings is 3. The summed E-state index contributed by atoms with van der Waals surface area (Å²) in [4.78, 5) is 16.7. The van der Waals surface area contributed by atoms with Crippen molar-refractivity contribution < 1.29 is 19.4 Å². The average Bonchev–Trinajstić information content (AvgIpc) is 2.78. The van der Waals surface area contributed by atoms with Gasteiger partial charge in [-0.3, -0.25) is 4.99 Å². The summed E-state index contributed by atoms with van der Waals surface area (Å²) in [5.74, 6) is -0.283. The maximum Gasteiger partial charge on any atom is 0.328 e. The molecule has 0 spiro atoms. The van der Waals surface area contributed by atoms with Gasteiger partial charge in [-0.1, -0.05) is 72.8 Å². The van der Waals surface area contributed by atoms with Crippen LogP contribution in [0.2, 0.25) is 0 Å². The normalized spacial score (nSPS) is 11.5. The van der Waals surface area contributed by atoms with Gasteiger partial charge in [0.05, 0.1) is 12.3 Å². The number of methoxy groups -OCH3 is 1. The highest BCUT2D eigenvalue weighted by Gasteiger charge is 2.19. The minimum Gasteiger partial charge on any atom is -0.491 e. The van der Waals surface area contributed by atoms with Crippen LogP contribution in [0.25, 0.3) is 0 Å². The van der Waals surface area contributed by atoms with Gasteiger partial charge in [-0.15, -0.1) is 0 Å². The summed E-state index contributed by atoms with van der Waals surface area (Å²) < 4.78 is 10.6. The van der Waals surface area contributed by atoms with Gasteiger partial charge in [0, 0.05) is 24.7 Å². The van der Waals surface area contributed by atoms with Crippen LogP contribution in [0.1, 0.15) is 16.7 Å². The number of aliphatic imine (C=N–C) groups is 1. The van der Waals surface area contributed by atoms with E-state index in [1.807, 2.05) is 84.9 Å². The molecule has 0 saturated heterocycles. The molecular weight excluding hydrogens is 378 g/mol. The number of rotatable bonds is 10. The lowest BCUT2D eigenvalue weighted by Crippen LogP contribution is -2.23. The molecule has 3 rings (SSSR count). The van der Waals surface area contributed by atoms with Crippen molar-refractivity contribution in [2.24, 2.45) is 4.99 Å². The molecule has 0 aliphatic rings. The van der Waals surface area contributed by atoms with Crippen molar-refractivity contribution in [1.29, 1.82) is 0 Å². The fraction of sp³-hybridized carbons (Fsp3) is 0.200. The Morgan fingerprint density at radius 3 is 2.10 bits per heavy atom. The molecule has 1 atom stereocenters. The van der Waals surface area contributed by atoms with Crippen molar-refractivity contribution >= 4 is 11.7 Å². The van der Waals surface area contributed by atoms with E-state index in [1.54, 1.807) is 7.11 Å². The second-order valence-corrected chi connectivity index (χ2v) is 6.76. The second kappa shape index (κ2) is 10.9. The summed E-state index contributed by atoms with van der Waals surface area (Å²) in [5, 5.41) is 9.87. The van der Waals surface area contributed by atoms with E-state index in [0.717, 1.165) is 16.7 Å². The predicted molar refractivity (Wildman–Crippen MR) is 117 cm³/mol. The molecule has 3 aromatic rings. The van der Waals surface area contributed by atoms with E-state index in [-0.39, 0.29) is 6.42 Å². The highest BCUT2D eigenvalue weighted by molar-refractivity contribution is 6.13. The molecule has 0 saturated carbocycles. The maximum absolute atomic E-state index is 12.0. The van der Waals surface area contributed by atoms with E-state index < -0.39 is 12.0 Å². The van der Waals surface area contributed by atoms with Crippen LogP contribution in [0.3, 0.4) is 0 Å². The molecule has 1 N–H and O–H groups in total. The van der Waals surface area contributed by atoms with Crippen molar-refractivity contribution in [1.82, 2.24) is 0 Å². The molecule has 0 unspecified atom stereocenters. The first-order valence-electron chi connectivity index (χ1n) is 9.79. The Hall–Kier alpha value is -3.44. The Morgan fingerprint density at radius 1 is 0.900 bits per heavy atom. The Bertz CT molecular complexity index is 929. The summed E-state index contributed by atoms with van der Waals surface area (Å²) in [5.41, 5.74) is 3.27. The number of carboxylic acid groups (broad SMARTS) is 1. The molecule has 154 valence electrons. The Morgan fingerprint density at radius 2 is 1.53 bits per heavy atom. The molecule has 0 radical (unpaired) electrons. The molecule has 5 heteroatoms. The largest absolute Gasteiger partial charge is 0.491 e. The molecule has 0 aliphatic carbocycles. The van der Waals surface area contributed by atoms with E-state index >= 15 is 0 Å². The monoisotopic (exact) mass is 403 g/mol. The van der Waals surface area contributed by atoms with Crippen LogP contribution in [0.4, 0.5) is 0 Å². The van der Waals surface area contributed by atoms with E-state index in [2.05, 4.69) is 4.99 Å². The number of hydrogen-bond acceptors (Lipinski definition) is 4.